The number of nitrogens with zero attached hydrogens (tertiary/aromatic N) is 4. The average molecular weight is 631 g/mol. The third kappa shape index (κ3) is 5.43. The van der Waals surface area contributed by atoms with Gasteiger partial charge < -0.3 is 5.32 Å². The summed E-state index contributed by atoms with van der Waals surface area (Å²) in [6.07, 6.45) is 1.47. The lowest BCUT2D eigenvalue weighted by Crippen LogP contribution is -2.46. The fourth-order valence-corrected chi connectivity index (χ4v) is 6.76. The minimum atomic E-state index is -4.63. The molecular weight excluding hydrogens is 601 g/mol. The number of nitrogens with one attached hydrogen (secondary N) is 2. The van der Waals surface area contributed by atoms with E-state index in [4.69, 9.17) is 0 Å². The summed E-state index contributed by atoms with van der Waals surface area (Å²) in [5.74, 6) is -3.40. The second kappa shape index (κ2) is 11.5. The Morgan fingerprint density at radius 1 is 0.957 bits per heavy atom. The highest BCUT2D eigenvalue weighted by atomic mass is 19.4. The van der Waals surface area contributed by atoms with Crippen LogP contribution in [0.4, 0.5) is 18.9 Å². The van der Waals surface area contributed by atoms with Gasteiger partial charge in [0.25, 0.3) is 0 Å². The molecule has 2 fully saturated rings. The van der Waals surface area contributed by atoms with Crippen LogP contribution in [-0.4, -0.2) is 49.7 Å². The molecular formula is C33H29F3N6O4. The molecule has 7 rings (SSSR count). The number of fused-ring (bicyclic) bond motifs is 2. The van der Waals surface area contributed by atoms with Crippen LogP contribution in [0.5, 0.6) is 0 Å². The van der Waals surface area contributed by atoms with Gasteiger partial charge >= 0.3 is 6.18 Å². The maximum Gasteiger partial charge on any atom is 0.435 e. The number of alkyl halides is 3. The number of para-hydroxylation sites is 2. The normalized spacial score (nSPS) is 22.9. The van der Waals surface area contributed by atoms with Crippen molar-refractivity contribution in [2.24, 2.45) is 17.8 Å². The molecule has 13 heteroatoms. The Kier molecular flexibility index (Phi) is 7.41. The number of anilines is 1. The molecule has 0 bridgehead atoms. The fourth-order valence-electron chi connectivity index (χ4n) is 6.76. The molecule has 0 spiro atoms. The van der Waals surface area contributed by atoms with Gasteiger partial charge in [0, 0.05) is 36.0 Å². The van der Waals surface area contributed by atoms with Crippen molar-refractivity contribution in [3.05, 3.63) is 71.7 Å². The molecule has 1 saturated carbocycles. The number of hydrogen-bond acceptors (Lipinski definition) is 8. The van der Waals surface area contributed by atoms with E-state index in [1.54, 1.807) is 42.5 Å². The van der Waals surface area contributed by atoms with E-state index in [9.17, 15) is 32.3 Å². The number of benzene rings is 2. The highest BCUT2D eigenvalue weighted by molar-refractivity contribution is 6.28. The van der Waals surface area contributed by atoms with Crippen LogP contribution in [0.15, 0.2) is 54.9 Å². The Morgan fingerprint density at radius 2 is 1.72 bits per heavy atom. The first-order chi connectivity index (χ1) is 22.1. The summed E-state index contributed by atoms with van der Waals surface area (Å²) in [7, 11) is 0. The monoisotopic (exact) mass is 630 g/mol. The average Bonchev–Trinajstić information content (AvgIpc) is 3.56. The van der Waals surface area contributed by atoms with E-state index >= 15 is 0 Å². The summed E-state index contributed by atoms with van der Waals surface area (Å²) < 4.78 is 43.2. The maximum atomic E-state index is 13.9. The molecule has 2 amide bonds. The minimum Gasteiger partial charge on any atom is -0.385 e. The van der Waals surface area contributed by atoms with E-state index < -0.39 is 47.1 Å². The number of carbonyl (C=O) groups excluding carboxylic acids is 4. The van der Waals surface area contributed by atoms with E-state index in [1.807, 2.05) is 0 Å². The number of Topliss-reactive ketones (excluding diaryl/α,β-unsaturated/α-hetero) is 2. The number of rotatable bonds is 8. The summed E-state index contributed by atoms with van der Waals surface area (Å²) in [6, 6.07) is 11.8. The van der Waals surface area contributed by atoms with E-state index in [-0.39, 0.29) is 41.3 Å². The van der Waals surface area contributed by atoms with Gasteiger partial charge in [0.2, 0.25) is 11.8 Å². The number of aromatic nitrogens is 4. The quantitative estimate of drug-likeness (QED) is 0.150. The molecule has 236 valence electrons. The largest absolute Gasteiger partial charge is 0.435 e. The number of imide groups is 1. The highest BCUT2D eigenvalue weighted by Gasteiger charge is 2.47. The summed E-state index contributed by atoms with van der Waals surface area (Å²) in [4.78, 5) is 58.6. The van der Waals surface area contributed by atoms with E-state index in [2.05, 4.69) is 25.7 Å². The summed E-state index contributed by atoms with van der Waals surface area (Å²) in [6.45, 7) is 0.601. The molecule has 46 heavy (non-hydrogen) atoms. The number of hydrogen-bond donors (Lipinski definition) is 2. The van der Waals surface area contributed by atoms with Crippen LogP contribution < -0.4 is 10.6 Å². The van der Waals surface area contributed by atoms with Gasteiger partial charge in [0.1, 0.15) is 0 Å². The van der Waals surface area contributed by atoms with Gasteiger partial charge in [-0.15, -0.1) is 0 Å². The zero-order valence-corrected chi connectivity index (χ0v) is 24.5. The number of carbonyl (C=O) groups is 4. The Labute approximate surface area is 260 Å². The molecule has 4 aromatic rings. The molecule has 3 heterocycles. The number of ketones is 2. The fraction of sp³-hybridized carbons (Fsp3) is 0.364. The predicted molar refractivity (Wildman–Crippen MR) is 160 cm³/mol. The zero-order chi connectivity index (χ0) is 32.2. The smallest absolute Gasteiger partial charge is 0.385 e. The minimum absolute atomic E-state index is 0.0867. The standard InChI is InChI=1S/C33H29F3N6O4/c34-33(35,36)31-23(26-15-38-24-5-1-2-6-25(24)39-26)16-42(41-31)19-12-17(13-19)4-3-11-37-18-7-8-20-22(14-18)30(45)28(29(20)44)21-9-10-27(43)40-32(21)46/h1-2,5-8,14-17,19,21,28,37H,3-4,9-13H2,(H,40,43,46). The van der Waals surface area contributed by atoms with Crippen LogP contribution >= 0.6 is 0 Å². The summed E-state index contributed by atoms with van der Waals surface area (Å²) >= 11 is 0. The lowest BCUT2D eigenvalue weighted by Gasteiger charge is -2.35. The van der Waals surface area contributed by atoms with Crippen molar-refractivity contribution >= 4 is 40.1 Å². The highest BCUT2D eigenvalue weighted by Crippen LogP contribution is 2.43. The van der Waals surface area contributed by atoms with E-state index in [0.29, 0.717) is 42.0 Å². The number of halogens is 3. The Bertz CT molecular complexity index is 1900. The van der Waals surface area contributed by atoms with Gasteiger partial charge in [-0.05, 0) is 68.4 Å². The van der Waals surface area contributed by atoms with Crippen molar-refractivity contribution < 1.29 is 32.3 Å². The molecule has 2 unspecified atom stereocenters. The van der Waals surface area contributed by atoms with Crippen LogP contribution in [0.2, 0.25) is 0 Å². The van der Waals surface area contributed by atoms with E-state index in [1.165, 1.54) is 17.1 Å². The zero-order valence-electron chi connectivity index (χ0n) is 24.5. The van der Waals surface area contributed by atoms with Gasteiger partial charge in [-0.25, -0.2) is 4.98 Å². The lowest BCUT2D eigenvalue weighted by atomic mass is 9.77. The molecule has 3 aliphatic rings. The molecule has 1 saturated heterocycles. The van der Waals surface area contributed by atoms with Crippen LogP contribution in [0.25, 0.3) is 22.3 Å². The van der Waals surface area contributed by atoms with Crippen LogP contribution in [0, 0.1) is 17.8 Å². The molecule has 10 nitrogen and oxygen atoms in total. The topological polar surface area (TPSA) is 136 Å². The van der Waals surface area contributed by atoms with Crippen LogP contribution in [-0.2, 0) is 15.8 Å². The second-order valence-corrected chi connectivity index (χ2v) is 12.2. The van der Waals surface area contributed by atoms with Gasteiger partial charge in [-0.3, -0.25) is 34.2 Å². The summed E-state index contributed by atoms with van der Waals surface area (Å²) in [5, 5.41) is 9.44. The van der Waals surface area contributed by atoms with Gasteiger partial charge in [-0.2, -0.15) is 18.3 Å². The number of amides is 2. The summed E-state index contributed by atoms with van der Waals surface area (Å²) in [5.41, 5.74) is 1.42. The third-order valence-electron chi connectivity index (χ3n) is 9.23. The maximum absolute atomic E-state index is 13.9. The Balaban J connectivity index is 0.935. The first-order valence-corrected chi connectivity index (χ1v) is 15.3. The van der Waals surface area contributed by atoms with Gasteiger partial charge in [0.15, 0.2) is 17.3 Å². The van der Waals surface area contributed by atoms with Crippen molar-refractivity contribution in [3.8, 4) is 11.3 Å². The van der Waals surface area contributed by atoms with Crippen molar-refractivity contribution in [2.45, 2.75) is 50.7 Å². The van der Waals surface area contributed by atoms with Gasteiger partial charge in [-0.1, -0.05) is 12.1 Å². The molecule has 2 atom stereocenters. The van der Waals surface area contributed by atoms with Crippen molar-refractivity contribution in [1.82, 2.24) is 25.1 Å². The van der Waals surface area contributed by atoms with Crippen LogP contribution in [0.1, 0.15) is 71.0 Å². The van der Waals surface area contributed by atoms with Crippen molar-refractivity contribution in [3.63, 3.8) is 0 Å². The first-order valence-electron chi connectivity index (χ1n) is 15.3. The molecule has 2 N–H and O–H groups in total. The first kappa shape index (κ1) is 29.8. The van der Waals surface area contributed by atoms with Crippen molar-refractivity contribution in [2.75, 3.05) is 11.9 Å². The van der Waals surface area contributed by atoms with Crippen molar-refractivity contribution in [1.29, 1.82) is 0 Å². The molecule has 2 aliphatic carbocycles. The Morgan fingerprint density at radius 3 is 2.48 bits per heavy atom. The molecule has 0 radical (unpaired) electrons. The van der Waals surface area contributed by atoms with E-state index in [0.717, 1.165) is 12.8 Å². The molecule has 2 aromatic heterocycles. The molecule has 1 aliphatic heterocycles. The SMILES string of the molecule is O=C1CCC(C2C(=O)c3ccc(NCCCC4CC(n5cc(-c6cnc7ccccc7n6)c(C(F)(F)F)n5)C4)cc3C2=O)C(=O)N1. The molecule has 2 aromatic carbocycles. The van der Waals surface area contributed by atoms with Crippen LogP contribution in [0.3, 0.4) is 0 Å². The third-order valence-corrected chi connectivity index (χ3v) is 9.23. The number of piperidine rings is 1. The predicted octanol–water partition coefficient (Wildman–Crippen LogP) is 5.40. The lowest BCUT2D eigenvalue weighted by molar-refractivity contribution is -0.141. The van der Waals surface area contributed by atoms with Gasteiger partial charge in [0.05, 0.1) is 46.4 Å². The Hall–Kier alpha value is -4.94. The second-order valence-electron chi connectivity index (χ2n) is 12.2.